The molecule has 0 aliphatic carbocycles. The van der Waals surface area contributed by atoms with Crippen LogP contribution in [0.15, 0.2) is 51.8 Å². The van der Waals surface area contributed by atoms with Gasteiger partial charge in [0.1, 0.15) is 0 Å². The van der Waals surface area contributed by atoms with Gasteiger partial charge in [0.25, 0.3) is 10.0 Å². The molecule has 3 N–H and O–H groups in total. The number of anilines is 1. The number of nitrogens with two attached hydrogens (primary N) is 1. The molecule has 0 aliphatic rings. The molecular weight excluding hydrogens is 340 g/mol. The van der Waals surface area contributed by atoms with Crippen LogP contribution < -0.4 is 10.5 Å². The second-order valence-electron chi connectivity index (χ2n) is 4.38. The normalized spacial score (nSPS) is 11.3. The topological polar surface area (TPSA) is 72.2 Å². The molecule has 0 radical (unpaired) electrons. The molecular formula is C14H15BrN2O2S. The first-order chi connectivity index (χ1) is 9.44. The molecule has 0 saturated heterocycles. The molecule has 106 valence electrons. The third-order valence-corrected chi connectivity index (χ3v) is 4.89. The van der Waals surface area contributed by atoms with E-state index < -0.39 is 10.0 Å². The standard InChI is InChI=1S/C14H15BrN2O2S/c1-10-6-7-12(15)8-13(10)17-20(18,19)14-5-3-2-4-11(14)9-16/h2-8,17H,9,16H2,1H3. The van der Waals surface area contributed by atoms with Gasteiger partial charge in [-0.3, -0.25) is 4.72 Å². The van der Waals surface area contributed by atoms with Crippen LogP contribution in [0.2, 0.25) is 0 Å². The first-order valence-electron chi connectivity index (χ1n) is 6.01. The summed E-state index contributed by atoms with van der Waals surface area (Å²) in [6, 6.07) is 12.2. The Hall–Kier alpha value is -1.37. The Balaban J connectivity index is 2.43. The van der Waals surface area contributed by atoms with Gasteiger partial charge in [-0.2, -0.15) is 0 Å². The van der Waals surface area contributed by atoms with Crippen molar-refractivity contribution in [2.45, 2.75) is 18.4 Å². The lowest BCUT2D eigenvalue weighted by Gasteiger charge is -2.13. The Bertz CT molecular complexity index is 730. The summed E-state index contributed by atoms with van der Waals surface area (Å²) < 4.78 is 28.3. The molecule has 2 aromatic carbocycles. The number of aryl methyl sites for hydroxylation is 1. The van der Waals surface area contributed by atoms with Gasteiger partial charge >= 0.3 is 0 Å². The molecule has 0 aliphatic heterocycles. The third-order valence-electron chi connectivity index (χ3n) is 2.93. The first kappa shape index (κ1) is 15.0. The fourth-order valence-electron chi connectivity index (χ4n) is 1.84. The minimum atomic E-state index is -3.65. The Morgan fingerprint density at radius 1 is 1.20 bits per heavy atom. The van der Waals surface area contributed by atoms with E-state index in [2.05, 4.69) is 20.7 Å². The average molecular weight is 355 g/mol. The predicted molar refractivity (Wildman–Crippen MR) is 84.0 cm³/mol. The number of rotatable bonds is 4. The van der Waals surface area contributed by atoms with E-state index in [0.717, 1.165) is 10.0 Å². The lowest BCUT2D eigenvalue weighted by molar-refractivity contribution is 0.600. The maximum absolute atomic E-state index is 12.5. The molecule has 0 aromatic heterocycles. The van der Waals surface area contributed by atoms with Crippen LogP contribution in [0.4, 0.5) is 5.69 Å². The minimum absolute atomic E-state index is 0.175. The molecule has 0 heterocycles. The van der Waals surface area contributed by atoms with Gasteiger partial charge in [-0.1, -0.05) is 40.2 Å². The Kier molecular flexibility index (Phi) is 4.47. The highest BCUT2D eigenvalue weighted by molar-refractivity contribution is 9.10. The van der Waals surface area contributed by atoms with Gasteiger partial charge < -0.3 is 5.73 Å². The smallest absolute Gasteiger partial charge is 0.262 e. The summed E-state index contributed by atoms with van der Waals surface area (Å²) in [7, 11) is -3.65. The van der Waals surface area contributed by atoms with Crippen molar-refractivity contribution in [2.24, 2.45) is 5.73 Å². The highest BCUT2D eigenvalue weighted by Gasteiger charge is 2.18. The summed E-state index contributed by atoms with van der Waals surface area (Å²) in [4.78, 5) is 0.210. The number of hydrogen-bond donors (Lipinski definition) is 2. The number of benzene rings is 2. The van der Waals surface area contributed by atoms with E-state index in [1.54, 1.807) is 30.3 Å². The molecule has 0 fully saturated rings. The summed E-state index contributed by atoms with van der Waals surface area (Å²) in [5.41, 5.74) is 7.58. The lowest BCUT2D eigenvalue weighted by atomic mass is 10.2. The predicted octanol–water partition coefficient (Wildman–Crippen LogP) is 3.02. The fourth-order valence-corrected chi connectivity index (χ4v) is 3.57. The summed E-state index contributed by atoms with van der Waals surface area (Å²) in [5.74, 6) is 0. The van der Waals surface area contributed by atoms with Crippen LogP contribution in [0.25, 0.3) is 0 Å². The monoisotopic (exact) mass is 354 g/mol. The van der Waals surface area contributed by atoms with Crippen molar-refractivity contribution in [1.82, 2.24) is 0 Å². The fraction of sp³-hybridized carbons (Fsp3) is 0.143. The Morgan fingerprint density at radius 3 is 2.60 bits per heavy atom. The van der Waals surface area contributed by atoms with Crippen LogP contribution in [0.1, 0.15) is 11.1 Å². The molecule has 0 amide bonds. The van der Waals surface area contributed by atoms with Crippen molar-refractivity contribution in [2.75, 3.05) is 4.72 Å². The van der Waals surface area contributed by atoms with Crippen molar-refractivity contribution >= 4 is 31.6 Å². The average Bonchev–Trinajstić information content (AvgIpc) is 2.42. The van der Waals surface area contributed by atoms with Crippen LogP contribution in [0, 0.1) is 6.92 Å². The van der Waals surface area contributed by atoms with Crippen molar-refractivity contribution in [1.29, 1.82) is 0 Å². The Labute approximate surface area is 127 Å². The van der Waals surface area contributed by atoms with E-state index in [1.165, 1.54) is 0 Å². The van der Waals surface area contributed by atoms with Crippen LogP contribution in [0.3, 0.4) is 0 Å². The molecule has 0 unspecified atom stereocenters. The van der Waals surface area contributed by atoms with E-state index in [1.807, 2.05) is 19.1 Å². The van der Waals surface area contributed by atoms with Crippen LogP contribution in [-0.4, -0.2) is 8.42 Å². The SMILES string of the molecule is Cc1ccc(Br)cc1NS(=O)(=O)c1ccccc1CN. The molecule has 6 heteroatoms. The summed E-state index contributed by atoms with van der Waals surface area (Å²) in [5, 5.41) is 0. The molecule has 4 nitrogen and oxygen atoms in total. The van der Waals surface area contributed by atoms with Crippen molar-refractivity contribution in [3.8, 4) is 0 Å². The minimum Gasteiger partial charge on any atom is -0.326 e. The maximum Gasteiger partial charge on any atom is 0.262 e. The molecule has 0 saturated carbocycles. The summed E-state index contributed by atoms with van der Waals surface area (Å²) in [6.07, 6.45) is 0. The van der Waals surface area contributed by atoms with E-state index in [-0.39, 0.29) is 11.4 Å². The summed E-state index contributed by atoms with van der Waals surface area (Å²) >= 11 is 3.33. The molecule has 0 spiro atoms. The van der Waals surface area contributed by atoms with Gasteiger partial charge in [-0.15, -0.1) is 0 Å². The zero-order valence-corrected chi connectivity index (χ0v) is 13.3. The van der Waals surface area contributed by atoms with Crippen molar-refractivity contribution in [3.63, 3.8) is 0 Å². The molecule has 0 bridgehead atoms. The van der Waals surface area contributed by atoms with E-state index in [0.29, 0.717) is 11.3 Å². The van der Waals surface area contributed by atoms with E-state index >= 15 is 0 Å². The van der Waals surface area contributed by atoms with Gasteiger partial charge in [-0.25, -0.2) is 8.42 Å². The number of halogens is 1. The van der Waals surface area contributed by atoms with E-state index in [9.17, 15) is 8.42 Å². The van der Waals surface area contributed by atoms with Crippen molar-refractivity contribution in [3.05, 3.63) is 58.1 Å². The molecule has 2 rings (SSSR count). The lowest BCUT2D eigenvalue weighted by Crippen LogP contribution is -2.16. The van der Waals surface area contributed by atoms with Crippen molar-refractivity contribution < 1.29 is 8.42 Å². The van der Waals surface area contributed by atoms with E-state index in [4.69, 9.17) is 5.73 Å². The number of sulfonamides is 1. The van der Waals surface area contributed by atoms with Crippen LogP contribution >= 0.6 is 15.9 Å². The zero-order valence-electron chi connectivity index (χ0n) is 10.9. The van der Waals surface area contributed by atoms with Gasteiger partial charge in [0.2, 0.25) is 0 Å². The van der Waals surface area contributed by atoms with Crippen LogP contribution in [-0.2, 0) is 16.6 Å². The number of hydrogen-bond acceptors (Lipinski definition) is 3. The zero-order chi connectivity index (χ0) is 14.8. The maximum atomic E-state index is 12.5. The van der Waals surface area contributed by atoms with Gasteiger partial charge in [0, 0.05) is 11.0 Å². The quantitative estimate of drug-likeness (QED) is 0.886. The van der Waals surface area contributed by atoms with Crippen LogP contribution in [0.5, 0.6) is 0 Å². The third kappa shape index (κ3) is 3.20. The second kappa shape index (κ2) is 5.95. The second-order valence-corrected chi connectivity index (χ2v) is 6.94. The highest BCUT2D eigenvalue weighted by Crippen LogP contribution is 2.24. The van der Waals surface area contributed by atoms with Gasteiger partial charge in [0.15, 0.2) is 0 Å². The van der Waals surface area contributed by atoms with Gasteiger partial charge in [0.05, 0.1) is 10.6 Å². The molecule has 2 aromatic rings. The highest BCUT2D eigenvalue weighted by atomic mass is 79.9. The molecule has 0 atom stereocenters. The largest absolute Gasteiger partial charge is 0.326 e. The number of nitrogens with one attached hydrogen (secondary N) is 1. The summed E-state index contributed by atoms with van der Waals surface area (Å²) in [6.45, 7) is 2.02. The first-order valence-corrected chi connectivity index (χ1v) is 8.28. The molecule has 20 heavy (non-hydrogen) atoms. The Morgan fingerprint density at radius 2 is 1.90 bits per heavy atom. The van der Waals surface area contributed by atoms with Gasteiger partial charge in [-0.05, 0) is 36.2 Å².